The van der Waals surface area contributed by atoms with Gasteiger partial charge < -0.3 is 14.7 Å². The quantitative estimate of drug-likeness (QED) is 0.868. The lowest BCUT2D eigenvalue weighted by molar-refractivity contribution is 0.0265. The van der Waals surface area contributed by atoms with Gasteiger partial charge in [0.1, 0.15) is 5.60 Å². The van der Waals surface area contributed by atoms with Crippen LogP contribution in [0.4, 0.5) is 4.79 Å². The van der Waals surface area contributed by atoms with E-state index in [1.807, 2.05) is 43.9 Å². The highest BCUT2D eigenvalue weighted by molar-refractivity contribution is 5.69. The summed E-state index contributed by atoms with van der Waals surface area (Å²) in [7, 11) is 0. The van der Waals surface area contributed by atoms with Crippen LogP contribution >= 0.6 is 0 Å². The van der Waals surface area contributed by atoms with Crippen LogP contribution in [0.5, 0.6) is 0 Å². The summed E-state index contributed by atoms with van der Waals surface area (Å²) in [4.78, 5) is 14.2. The van der Waals surface area contributed by atoms with Crippen molar-refractivity contribution in [2.75, 3.05) is 13.1 Å². The molecule has 0 radical (unpaired) electrons. The summed E-state index contributed by atoms with van der Waals surface area (Å²) in [5.41, 5.74) is 0.619. The van der Waals surface area contributed by atoms with Gasteiger partial charge in [-0.2, -0.15) is 0 Å². The molecule has 0 bridgehead atoms. The first kappa shape index (κ1) is 15.3. The van der Waals surface area contributed by atoms with E-state index < -0.39 is 5.60 Å². The Hall–Kier alpha value is -1.55. The molecular formula is C18H25NO3. The van der Waals surface area contributed by atoms with Crippen LogP contribution in [0.15, 0.2) is 30.3 Å². The van der Waals surface area contributed by atoms with E-state index in [-0.39, 0.29) is 17.6 Å². The van der Waals surface area contributed by atoms with E-state index in [0.29, 0.717) is 19.0 Å². The molecule has 4 heteroatoms. The van der Waals surface area contributed by atoms with Crippen LogP contribution in [-0.4, -0.2) is 40.9 Å². The summed E-state index contributed by atoms with van der Waals surface area (Å²) in [5.74, 6) is 0.303. The minimum absolute atomic E-state index is 0.127. The molecule has 0 spiro atoms. The standard InChI is InChI=1S/C18H25NO3/c1-17(2,3)22-16(21)19-11-14-9-15(20)10-18(14,12-19)13-7-5-4-6-8-13/h4-8,14-15,20H,9-12H2,1-3H3/t14-,15?,18+/m1/s1. The molecule has 1 aliphatic carbocycles. The highest BCUT2D eigenvalue weighted by Crippen LogP contribution is 2.50. The zero-order chi connectivity index (χ0) is 16.0. The summed E-state index contributed by atoms with van der Waals surface area (Å²) < 4.78 is 5.52. The lowest BCUT2D eigenvalue weighted by Crippen LogP contribution is -2.38. The van der Waals surface area contributed by atoms with Gasteiger partial charge >= 0.3 is 6.09 Å². The molecule has 1 N–H and O–H groups in total. The molecule has 22 heavy (non-hydrogen) atoms. The third-order valence-corrected chi connectivity index (χ3v) is 4.85. The molecule has 0 aromatic heterocycles. The van der Waals surface area contributed by atoms with E-state index >= 15 is 0 Å². The summed E-state index contributed by atoms with van der Waals surface area (Å²) in [5, 5.41) is 10.1. The highest BCUT2D eigenvalue weighted by atomic mass is 16.6. The molecule has 1 aromatic carbocycles. The summed E-state index contributed by atoms with van der Waals surface area (Å²) in [6.45, 7) is 6.96. The third-order valence-electron chi connectivity index (χ3n) is 4.85. The topological polar surface area (TPSA) is 49.8 Å². The van der Waals surface area contributed by atoms with Gasteiger partial charge in [-0.05, 0) is 45.1 Å². The van der Waals surface area contributed by atoms with E-state index in [0.717, 1.165) is 12.8 Å². The van der Waals surface area contributed by atoms with Crippen molar-refractivity contribution in [2.24, 2.45) is 5.92 Å². The van der Waals surface area contributed by atoms with Crippen LogP contribution in [0.1, 0.15) is 39.2 Å². The first-order chi connectivity index (χ1) is 10.3. The average molecular weight is 303 g/mol. The van der Waals surface area contributed by atoms with Gasteiger partial charge in [-0.3, -0.25) is 0 Å². The second-order valence-electron chi connectivity index (χ2n) is 7.67. The number of hydrogen-bond acceptors (Lipinski definition) is 3. The van der Waals surface area contributed by atoms with Crippen LogP contribution in [0, 0.1) is 5.92 Å². The number of carbonyl (C=O) groups is 1. The fraction of sp³-hybridized carbons (Fsp3) is 0.611. The van der Waals surface area contributed by atoms with Gasteiger partial charge in [0.2, 0.25) is 0 Å². The zero-order valence-electron chi connectivity index (χ0n) is 13.6. The van der Waals surface area contributed by atoms with E-state index in [1.165, 1.54) is 5.56 Å². The van der Waals surface area contributed by atoms with Crippen molar-refractivity contribution in [3.05, 3.63) is 35.9 Å². The maximum atomic E-state index is 12.4. The fourth-order valence-electron chi connectivity index (χ4n) is 4.02. The lowest BCUT2D eigenvalue weighted by Gasteiger charge is -2.30. The van der Waals surface area contributed by atoms with Crippen LogP contribution < -0.4 is 0 Å². The molecule has 1 aliphatic heterocycles. The number of hydrogen-bond donors (Lipinski definition) is 1. The van der Waals surface area contributed by atoms with Gasteiger partial charge in [0, 0.05) is 18.5 Å². The number of fused-ring (bicyclic) bond motifs is 1. The van der Waals surface area contributed by atoms with Crippen LogP contribution in [0.3, 0.4) is 0 Å². The Bertz CT molecular complexity index is 551. The van der Waals surface area contributed by atoms with Crippen molar-refractivity contribution >= 4 is 6.09 Å². The Morgan fingerprint density at radius 2 is 2.00 bits per heavy atom. The van der Waals surface area contributed by atoms with Gasteiger partial charge in [-0.25, -0.2) is 4.79 Å². The highest BCUT2D eigenvalue weighted by Gasteiger charge is 2.54. The molecular weight excluding hydrogens is 278 g/mol. The van der Waals surface area contributed by atoms with Crippen LogP contribution in [0.2, 0.25) is 0 Å². The second kappa shape index (κ2) is 5.27. The van der Waals surface area contributed by atoms with Crippen molar-refractivity contribution in [1.82, 2.24) is 4.90 Å². The number of ether oxygens (including phenoxy) is 1. The minimum atomic E-state index is -0.478. The Balaban J connectivity index is 1.84. The van der Waals surface area contributed by atoms with E-state index in [2.05, 4.69) is 12.1 Å². The molecule has 120 valence electrons. The zero-order valence-corrected chi connectivity index (χ0v) is 13.6. The molecule has 1 heterocycles. The molecule has 2 aliphatic rings. The maximum absolute atomic E-state index is 12.4. The SMILES string of the molecule is CC(C)(C)OC(=O)N1C[C@H]2CC(O)C[C@@]2(c2ccccc2)C1. The number of aliphatic hydroxyl groups excluding tert-OH is 1. The molecule has 4 nitrogen and oxygen atoms in total. The number of nitrogens with zero attached hydrogens (tertiary/aromatic N) is 1. The van der Waals surface area contributed by atoms with Crippen molar-refractivity contribution in [3.63, 3.8) is 0 Å². The number of likely N-dealkylation sites (tertiary alicyclic amines) is 1. The third kappa shape index (κ3) is 2.72. The monoisotopic (exact) mass is 303 g/mol. The van der Waals surface area contributed by atoms with E-state index in [1.54, 1.807) is 0 Å². The Kier molecular flexibility index (Phi) is 3.68. The predicted molar refractivity (Wildman–Crippen MR) is 84.7 cm³/mol. The smallest absolute Gasteiger partial charge is 0.410 e. The average Bonchev–Trinajstić information content (AvgIpc) is 2.91. The van der Waals surface area contributed by atoms with E-state index in [4.69, 9.17) is 4.74 Å². The fourth-order valence-corrected chi connectivity index (χ4v) is 4.02. The molecule has 1 saturated carbocycles. The van der Waals surface area contributed by atoms with Crippen LogP contribution in [0.25, 0.3) is 0 Å². The van der Waals surface area contributed by atoms with Gasteiger partial charge in [0.15, 0.2) is 0 Å². The van der Waals surface area contributed by atoms with Gasteiger partial charge in [-0.1, -0.05) is 30.3 Å². The number of aliphatic hydroxyl groups is 1. The van der Waals surface area contributed by atoms with Gasteiger partial charge in [-0.15, -0.1) is 0 Å². The maximum Gasteiger partial charge on any atom is 0.410 e. The molecule has 3 rings (SSSR count). The van der Waals surface area contributed by atoms with Crippen molar-refractivity contribution < 1.29 is 14.6 Å². The van der Waals surface area contributed by atoms with Crippen LogP contribution in [-0.2, 0) is 10.2 Å². The lowest BCUT2D eigenvalue weighted by atomic mass is 9.74. The van der Waals surface area contributed by atoms with Gasteiger partial charge in [0.25, 0.3) is 0 Å². The molecule has 3 atom stereocenters. The second-order valence-corrected chi connectivity index (χ2v) is 7.67. The normalized spacial score (nSPS) is 31.2. The number of carbonyl (C=O) groups excluding carboxylic acids is 1. The summed E-state index contributed by atoms with van der Waals surface area (Å²) in [6.07, 6.45) is 0.965. The number of benzene rings is 1. The van der Waals surface area contributed by atoms with Gasteiger partial charge in [0.05, 0.1) is 6.10 Å². The molecule has 1 amide bonds. The molecule has 1 aromatic rings. The Labute approximate surface area is 132 Å². The van der Waals surface area contributed by atoms with E-state index in [9.17, 15) is 9.90 Å². The molecule has 1 unspecified atom stereocenters. The minimum Gasteiger partial charge on any atom is -0.444 e. The predicted octanol–water partition coefficient (Wildman–Crippen LogP) is 2.95. The Morgan fingerprint density at radius 3 is 2.64 bits per heavy atom. The van der Waals surface area contributed by atoms with Crippen molar-refractivity contribution in [3.8, 4) is 0 Å². The Morgan fingerprint density at radius 1 is 1.32 bits per heavy atom. The first-order valence-corrected chi connectivity index (χ1v) is 8.02. The molecule has 1 saturated heterocycles. The summed E-state index contributed by atoms with van der Waals surface area (Å²) >= 11 is 0. The number of amides is 1. The largest absolute Gasteiger partial charge is 0.444 e. The first-order valence-electron chi connectivity index (χ1n) is 8.02. The molecule has 2 fully saturated rings. The van der Waals surface area contributed by atoms with Crippen molar-refractivity contribution in [1.29, 1.82) is 0 Å². The van der Waals surface area contributed by atoms with Crippen molar-refractivity contribution in [2.45, 2.75) is 50.7 Å². The summed E-state index contributed by atoms with van der Waals surface area (Å²) in [6, 6.07) is 10.3. The number of rotatable bonds is 1.